The van der Waals surface area contributed by atoms with Gasteiger partial charge in [-0.1, -0.05) is 64.7 Å². The number of hydrogen-bond donors (Lipinski definition) is 1. The van der Waals surface area contributed by atoms with Crippen molar-refractivity contribution in [3.8, 4) is 0 Å². The minimum absolute atomic E-state index is 0. The van der Waals surface area contributed by atoms with Crippen molar-refractivity contribution in [2.45, 2.75) is 96.8 Å². The number of rotatable bonds is 14. The van der Waals surface area contributed by atoms with E-state index in [0.29, 0.717) is 6.61 Å². The van der Waals surface area contributed by atoms with Gasteiger partial charge in [-0.3, -0.25) is 0 Å². The molecule has 0 atom stereocenters. The molecule has 1 heterocycles. The van der Waals surface area contributed by atoms with E-state index < -0.39 is 0 Å². The van der Waals surface area contributed by atoms with Crippen LogP contribution in [0, 0.1) is 5.92 Å². The van der Waals surface area contributed by atoms with Gasteiger partial charge in [0.2, 0.25) is 0 Å². The van der Waals surface area contributed by atoms with Gasteiger partial charge in [0.1, 0.15) is 0 Å². The lowest BCUT2D eigenvalue weighted by Crippen LogP contribution is -2.34. The Morgan fingerprint density at radius 1 is 0.783 bits per heavy atom. The lowest BCUT2D eigenvalue weighted by atomic mass is 9.91. The summed E-state index contributed by atoms with van der Waals surface area (Å²) in [7, 11) is 0. The molecular formula is C20H42ClNO. The Morgan fingerprint density at radius 3 is 1.96 bits per heavy atom. The maximum absolute atomic E-state index is 8.80. The van der Waals surface area contributed by atoms with Crippen molar-refractivity contribution in [1.29, 1.82) is 0 Å². The Kier molecular flexibility index (Phi) is 17.2. The Labute approximate surface area is 151 Å². The van der Waals surface area contributed by atoms with Crippen molar-refractivity contribution in [1.82, 2.24) is 4.90 Å². The number of nitrogens with zero attached hydrogens (tertiary/aromatic N) is 1. The summed E-state index contributed by atoms with van der Waals surface area (Å²) in [5.41, 5.74) is 0. The summed E-state index contributed by atoms with van der Waals surface area (Å²) in [6.07, 6.45) is 19.3. The van der Waals surface area contributed by atoms with E-state index in [9.17, 15) is 0 Å². The number of unbranched alkanes of at least 4 members (excludes halogenated alkanes) is 9. The number of aliphatic hydroxyl groups excluding tert-OH is 1. The number of likely N-dealkylation sites (tertiary alicyclic amines) is 1. The van der Waals surface area contributed by atoms with Crippen LogP contribution in [0.4, 0.5) is 0 Å². The average Bonchev–Trinajstić information content (AvgIpc) is 2.55. The van der Waals surface area contributed by atoms with Gasteiger partial charge in [-0.05, 0) is 57.7 Å². The molecule has 0 spiro atoms. The van der Waals surface area contributed by atoms with Crippen molar-refractivity contribution in [2.24, 2.45) is 5.92 Å². The fourth-order valence-electron chi connectivity index (χ4n) is 3.69. The molecule has 0 aromatic heterocycles. The van der Waals surface area contributed by atoms with Gasteiger partial charge in [0, 0.05) is 6.61 Å². The number of hydrogen-bond acceptors (Lipinski definition) is 2. The van der Waals surface area contributed by atoms with Crippen LogP contribution < -0.4 is 0 Å². The molecule has 1 aliphatic rings. The molecule has 0 aliphatic carbocycles. The van der Waals surface area contributed by atoms with Crippen molar-refractivity contribution >= 4 is 12.4 Å². The molecule has 0 amide bonds. The van der Waals surface area contributed by atoms with E-state index in [1.807, 2.05) is 0 Å². The molecule has 0 unspecified atom stereocenters. The standard InChI is InChI=1S/C20H41NO.ClH/c1-2-3-4-5-6-7-8-10-13-20-14-17-21(18-15-20)16-11-9-12-19-22;/h20,22H,2-19H2,1H3;1H. The van der Waals surface area contributed by atoms with Crippen molar-refractivity contribution < 1.29 is 5.11 Å². The summed E-state index contributed by atoms with van der Waals surface area (Å²) in [4.78, 5) is 2.64. The molecular weight excluding hydrogens is 306 g/mol. The summed E-state index contributed by atoms with van der Waals surface area (Å²) in [5, 5.41) is 8.80. The summed E-state index contributed by atoms with van der Waals surface area (Å²) in [6, 6.07) is 0. The number of aliphatic hydroxyl groups is 1. The molecule has 140 valence electrons. The summed E-state index contributed by atoms with van der Waals surface area (Å²) >= 11 is 0. The Morgan fingerprint density at radius 2 is 1.35 bits per heavy atom. The van der Waals surface area contributed by atoms with Gasteiger partial charge in [-0.15, -0.1) is 12.4 Å². The van der Waals surface area contributed by atoms with Gasteiger partial charge in [0.15, 0.2) is 0 Å². The maximum atomic E-state index is 8.80. The maximum Gasteiger partial charge on any atom is 0.0431 e. The second-order valence-corrected chi connectivity index (χ2v) is 7.33. The Balaban J connectivity index is 0.00000484. The topological polar surface area (TPSA) is 23.5 Å². The summed E-state index contributed by atoms with van der Waals surface area (Å²) in [5.74, 6) is 1.01. The number of piperidine rings is 1. The second-order valence-electron chi connectivity index (χ2n) is 7.33. The minimum atomic E-state index is 0. The van der Waals surface area contributed by atoms with Crippen LogP contribution in [0.15, 0.2) is 0 Å². The normalized spacial score (nSPS) is 16.4. The predicted octanol–water partition coefficient (Wildman–Crippen LogP) is 5.81. The third kappa shape index (κ3) is 13.2. The van der Waals surface area contributed by atoms with Crippen molar-refractivity contribution in [3.63, 3.8) is 0 Å². The highest BCUT2D eigenvalue weighted by Crippen LogP contribution is 2.23. The van der Waals surface area contributed by atoms with Crippen molar-refractivity contribution in [2.75, 3.05) is 26.2 Å². The Bertz CT molecular complexity index is 230. The SMILES string of the molecule is CCCCCCCCCCC1CCN(CCCCCO)CC1.Cl. The molecule has 2 nitrogen and oxygen atoms in total. The first-order valence-corrected chi connectivity index (χ1v) is 10.2. The van der Waals surface area contributed by atoms with E-state index in [1.54, 1.807) is 0 Å². The zero-order valence-corrected chi connectivity index (χ0v) is 16.4. The molecule has 0 aromatic carbocycles. The van der Waals surface area contributed by atoms with E-state index in [2.05, 4.69) is 11.8 Å². The van der Waals surface area contributed by atoms with Gasteiger partial charge >= 0.3 is 0 Å². The quantitative estimate of drug-likeness (QED) is 0.400. The first-order chi connectivity index (χ1) is 10.9. The zero-order valence-electron chi connectivity index (χ0n) is 15.6. The van der Waals surface area contributed by atoms with Crippen LogP contribution in [0.2, 0.25) is 0 Å². The fraction of sp³-hybridized carbons (Fsp3) is 1.00. The van der Waals surface area contributed by atoms with E-state index in [0.717, 1.165) is 12.3 Å². The number of halogens is 1. The van der Waals surface area contributed by atoms with E-state index in [-0.39, 0.29) is 12.4 Å². The minimum Gasteiger partial charge on any atom is -0.396 e. The predicted molar refractivity (Wildman–Crippen MR) is 105 cm³/mol. The molecule has 1 aliphatic heterocycles. The van der Waals surface area contributed by atoms with Gasteiger partial charge in [-0.2, -0.15) is 0 Å². The molecule has 23 heavy (non-hydrogen) atoms. The smallest absolute Gasteiger partial charge is 0.0431 e. The van der Waals surface area contributed by atoms with Crippen LogP contribution in [-0.4, -0.2) is 36.2 Å². The zero-order chi connectivity index (χ0) is 15.9. The van der Waals surface area contributed by atoms with Gasteiger partial charge < -0.3 is 10.0 Å². The van der Waals surface area contributed by atoms with Crippen LogP contribution in [0.1, 0.15) is 96.8 Å². The van der Waals surface area contributed by atoms with Gasteiger partial charge in [0.25, 0.3) is 0 Å². The summed E-state index contributed by atoms with van der Waals surface area (Å²) in [6.45, 7) is 6.55. The highest BCUT2D eigenvalue weighted by Gasteiger charge is 2.18. The van der Waals surface area contributed by atoms with Crippen LogP contribution >= 0.6 is 12.4 Å². The highest BCUT2D eigenvalue weighted by atomic mass is 35.5. The summed E-state index contributed by atoms with van der Waals surface area (Å²) < 4.78 is 0. The third-order valence-corrected chi connectivity index (χ3v) is 5.31. The highest BCUT2D eigenvalue weighted by molar-refractivity contribution is 5.85. The van der Waals surface area contributed by atoms with Gasteiger partial charge in [-0.25, -0.2) is 0 Å². The molecule has 3 heteroatoms. The first kappa shape index (κ1) is 23.2. The Hall–Kier alpha value is 0.210. The molecule has 0 saturated carbocycles. The first-order valence-electron chi connectivity index (χ1n) is 10.2. The molecule has 1 fully saturated rings. The lowest BCUT2D eigenvalue weighted by molar-refractivity contribution is 0.172. The fourth-order valence-corrected chi connectivity index (χ4v) is 3.69. The van der Waals surface area contributed by atoms with Crippen LogP contribution in [0.5, 0.6) is 0 Å². The molecule has 0 aromatic rings. The lowest BCUT2D eigenvalue weighted by Gasteiger charge is -2.32. The molecule has 1 N–H and O–H groups in total. The molecule has 1 rings (SSSR count). The largest absolute Gasteiger partial charge is 0.396 e. The van der Waals surface area contributed by atoms with E-state index in [1.165, 1.54) is 103 Å². The van der Waals surface area contributed by atoms with E-state index in [4.69, 9.17) is 5.11 Å². The van der Waals surface area contributed by atoms with Crippen LogP contribution in [0.25, 0.3) is 0 Å². The third-order valence-electron chi connectivity index (χ3n) is 5.31. The molecule has 0 radical (unpaired) electrons. The molecule has 1 saturated heterocycles. The monoisotopic (exact) mass is 347 g/mol. The van der Waals surface area contributed by atoms with E-state index >= 15 is 0 Å². The molecule has 0 bridgehead atoms. The van der Waals surface area contributed by atoms with Crippen molar-refractivity contribution in [3.05, 3.63) is 0 Å². The second kappa shape index (κ2) is 17.0. The van der Waals surface area contributed by atoms with Gasteiger partial charge in [0.05, 0.1) is 0 Å². The van der Waals surface area contributed by atoms with Crippen LogP contribution in [-0.2, 0) is 0 Å². The van der Waals surface area contributed by atoms with Crippen LogP contribution in [0.3, 0.4) is 0 Å². The average molecular weight is 348 g/mol.